The molecule has 2 aromatic rings. The van der Waals surface area contributed by atoms with Crippen LogP contribution in [0.4, 0.5) is 0 Å². The number of hydrogen-bond donors (Lipinski definition) is 1. The van der Waals surface area contributed by atoms with E-state index in [4.69, 9.17) is 5.73 Å². The van der Waals surface area contributed by atoms with Gasteiger partial charge in [-0.1, -0.05) is 42.5 Å². The molecule has 2 nitrogen and oxygen atoms in total. The van der Waals surface area contributed by atoms with E-state index in [0.29, 0.717) is 5.56 Å². The number of carbonyl (C=O) groups is 1. The summed E-state index contributed by atoms with van der Waals surface area (Å²) in [7, 11) is 0. The molecule has 0 aliphatic heterocycles. The van der Waals surface area contributed by atoms with Crippen molar-refractivity contribution in [3.8, 4) is 0 Å². The molecular weight excluding hydrogens is 210 g/mol. The Morgan fingerprint density at radius 2 is 1.82 bits per heavy atom. The molecule has 2 aromatic carbocycles. The average Bonchev–Trinajstić information content (AvgIpc) is 2.38. The molecule has 0 heterocycles. The number of nitrogens with two attached hydrogens (primary N) is 1. The van der Waals surface area contributed by atoms with Crippen LogP contribution >= 0.6 is 0 Å². The third-order valence-corrected chi connectivity index (χ3v) is 2.58. The van der Waals surface area contributed by atoms with Gasteiger partial charge in [0.05, 0.1) is 0 Å². The Morgan fingerprint density at radius 3 is 2.53 bits per heavy atom. The number of benzene rings is 2. The number of amides is 1. The highest BCUT2D eigenvalue weighted by Gasteiger charge is 2.01. The summed E-state index contributed by atoms with van der Waals surface area (Å²) in [6, 6.07) is 17.5. The van der Waals surface area contributed by atoms with E-state index in [-0.39, 0.29) is 5.91 Å². The summed E-state index contributed by atoms with van der Waals surface area (Å²) >= 11 is 0. The first kappa shape index (κ1) is 11.4. The number of rotatable bonds is 4. The highest BCUT2D eigenvalue weighted by atomic mass is 16.1. The Bertz CT molecular complexity index is 505. The number of primary amides is 1. The van der Waals surface area contributed by atoms with Gasteiger partial charge in [0.1, 0.15) is 0 Å². The average molecular weight is 224 g/mol. The van der Waals surface area contributed by atoms with Crippen LogP contribution in [-0.2, 0) is 6.42 Å². The molecule has 2 heteroatoms. The minimum atomic E-state index is -0.383. The van der Waals surface area contributed by atoms with Crippen LogP contribution in [-0.4, -0.2) is 5.91 Å². The monoisotopic (exact) mass is 224 g/mol. The van der Waals surface area contributed by atoms with Crippen molar-refractivity contribution in [3.05, 3.63) is 77.7 Å². The van der Waals surface area contributed by atoms with Crippen molar-refractivity contribution in [2.24, 2.45) is 5.73 Å². The fourth-order valence-electron chi connectivity index (χ4n) is 1.68. The smallest absolute Gasteiger partial charge is 0.248 e. The van der Waals surface area contributed by atoms with Crippen molar-refractivity contribution in [1.82, 2.24) is 0 Å². The van der Waals surface area contributed by atoms with Crippen molar-refractivity contribution in [2.45, 2.75) is 6.42 Å². The van der Waals surface area contributed by atoms with Crippen molar-refractivity contribution >= 4 is 5.91 Å². The molecule has 0 aromatic heterocycles. The summed E-state index contributed by atoms with van der Waals surface area (Å²) in [5.41, 5.74) is 8.07. The molecular formula is C15H14NO. The van der Waals surface area contributed by atoms with Gasteiger partial charge in [-0.25, -0.2) is 0 Å². The molecule has 85 valence electrons. The molecule has 0 spiro atoms. The van der Waals surface area contributed by atoms with E-state index < -0.39 is 0 Å². The lowest BCUT2D eigenvalue weighted by Crippen LogP contribution is -2.10. The van der Waals surface area contributed by atoms with Gasteiger partial charge in [-0.2, -0.15) is 0 Å². The Morgan fingerprint density at radius 1 is 1.06 bits per heavy atom. The SMILES string of the molecule is NC(=O)c1cccc(C[CH]c2ccccc2)c1. The molecule has 0 unspecified atom stereocenters. The van der Waals surface area contributed by atoms with E-state index >= 15 is 0 Å². The maximum absolute atomic E-state index is 11.0. The van der Waals surface area contributed by atoms with Gasteiger partial charge in [-0.3, -0.25) is 4.79 Å². The van der Waals surface area contributed by atoms with Crippen LogP contribution < -0.4 is 5.73 Å². The van der Waals surface area contributed by atoms with Crippen molar-refractivity contribution < 1.29 is 4.79 Å². The summed E-state index contributed by atoms with van der Waals surface area (Å²) < 4.78 is 0. The van der Waals surface area contributed by atoms with E-state index in [1.165, 1.54) is 5.56 Å². The minimum absolute atomic E-state index is 0.383. The van der Waals surface area contributed by atoms with Crippen molar-refractivity contribution in [3.63, 3.8) is 0 Å². The second-order valence-corrected chi connectivity index (χ2v) is 3.88. The van der Waals surface area contributed by atoms with E-state index in [9.17, 15) is 4.79 Å². The second kappa shape index (κ2) is 5.30. The quantitative estimate of drug-likeness (QED) is 0.852. The van der Waals surface area contributed by atoms with Crippen LogP contribution in [0, 0.1) is 6.42 Å². The Kier molecular flexibility index (Phi) is 3.55. The summed E-state index contributed by atoms with van der Waals surface area (Å²) in [5, 5.41) is 0. The molecule has 0 aliphatic carbocycles. The van der Waals surface area contributed by atoms with Crippen LogP contribution in [0.3, 0.4) is 0 Å². The second-order valence-electron chi connectivity index (χ2n) is 3.88. The van der Waals surface area contributed by atoms with Gasteiger partial charge in [0, 0.05) is 5.56 Å². The van der Waals surface area contributed by atoms with E-state index in [2.05, 4.69) is 18.6 Å². The lowest BCUT2D eigenvalue weighted by Gasteiger charge is -2.03. The van der Waals surface area contributed by atoms with Crippen molar-refractivity contribution in [2.75, 3.05) is 0 Å². The van der Waals surface area contributed by atoms with Gasteiger partial charge < -0.3 is 5.73 Å². The van der Waals surface area contributed by atoms with E-state index in [1.807, 2.05) is 36.4 Å². The minimum Gasteiger partial charge on any atom is -0.366 e. The fraction of sp³-hybridized carbons (Fsp3) is 0.0667. The number of carbonyl (C=O) groups excluding carboxylic acids is 1. The van der Waals surface area contributed by atoms with Gasteiger partial charge in [0.25, 0.3) is 0 Å². The first-order valence-electron chi connectivity index (χ1n) is 5.53. The topological polar surface area (TPSA) is 43.1 Å². The summed E-state index contributed by atoms with van der Waals surface area (Å²) in [6.45, 7) is 0. The zero-order chi connectivity index (χ0) is 12.1. The molecule has 0 bridgehead atoms. The molecule has 2 N–H and O–H groups in total. The van der Waals surface area contributed by atoms with Crippen LogP contribution in [0.15, 0.2) is 54.6 Å². The molecule has 1 amide bonds. The standard InChI is InChI=1S/C15H14NO/c16-15(17)14-8-4-7-13(11-14)10-9-12-5-2-1-3-6-12/h1-9,11H,10H2,(H2,16,17). The molecule has 0 saturated carbocycles. The van der Waals surface area contributed by atoms with Crippen LogP contribution in [0.5, 0.6) is 0 Å². The van der Waals surface area contributed by atoms with Gasteiger partial charge in [-0.05, 0) is 36.1 Å². The molecule has 1 radical (unpaired) electrons. The maximum atomic E-state index is 11.0. The fourth-order valence-corrected chi connectivity index (χ4v) is 1.68. The molecule has 0 saturated heterocycles. The zero-order valence-corrected chi connectivity index (χ0v) is 9.47. The predicted octanol–water partition coefficient (Wildman–Crippen LogP) is 2.58. The Labute approximate surface area is 101 Å². The summed E-state index contributed by atoms with van der Waals surface area (Å²) in [4.78, 5) is 11.0. The van der Waals surface area contributed by atoms with Crippen LogP contribution in [0.25, 0.3) is 0 Å². The third kappa shape index (κ3) is 3.18. The largest absolute Gasteiger partial charge is 0.366 e. The normalized spacial score (nSPS) is 10.1. The van der Waals surface area contributed by atoms with Crippen LogP contribution in [0.1, 0.15) is 21.5 Å². The number of hydrogen-bond acceptors (Lipinski definition) is 1. The Balaban J connectivity index is 2.04. The zero-order valence-electron chi connectivity index (χ0n) is 9.47. The van der Waals surface area contributed by atoms with Gasteiger partial charge in [0.15, 0.2) is 0 Å². The first-order chi connectivity index (χ1) is 8.25. The molecule has 0 atom stereocenters. The molecule has 17 heavy (non-hydrogen) atoms. The van der Waals surface area contributed by atoms with Crippen LogP contribution in [0.2, 0.25) is 0 Å². The van der Waals surface area contributed by atoms with E-state index in [1.54, 1.807) is 6.07 Å². The first-order valence-corrected chi connectivity index (χ1v) is 5.53. The highest BCUT2D eigenvalue weighted by Crippen LogP contribution is 2.10. The maximum Gasteiger partial charge on any atom is 0.248 e. The van der Waals surface area contributed by atoms with E-state index in [0.717, 1.165) is 12.0 Å². The third-order valence-electron chi connectivity index (χ3n) is 2.58. The van der Waals surface area contributed by atoms with Gasteiger partial charge in [0.2, 0.25) is 5.91 Å². The lowest BCUT2D eigenvalue weighted by molar-refractivity contribution is 0.1000. The molecule has 2 rings (SSSR count). The molecule has 0 fully saturated rings. The van der Waals surface area contributed by atoms with Gasteiger partial charge >= 0.3 is 0 Å². The van der Waals surface area contributed by atoms with Gasteiger partial charge in [-0.15, -0.1) is 0 Å². The predicted molar refractivity (Wildman–Crippen MR) is 68.5 cm³/mol. The highest BCUT2D eigenvalue weighted by molar-refractivity contribution is 5.92. The lowest BCUT2D eigenvalue weighted by atomic mass is 10.0. The summed E-state index contributed by atoms with van der Waals surface area (Å²) in [6.07, 6.45) is 2.92. The Hall–Kier alpha value is -2.09. The summed E-state index contributed by atoms with van der Waals surface area (Å²) in [5.74, 6) is -0.383. The van der Waals surface area contributed by atoms with Crippen molar-refractivity contribution in [1.29, 1.82) is 0 Å². The molecule has 0 aliphatic rings.